The number of hydrogen-bond donors (Lipinski definition) is 2. The molecule has 228 valence electrons. The molecule has 3 heterocycles. The maximum absolute atomic E-state index is 14.7. The molecule has 2 N–H and O–H groups in total. The van der Waals surface area contributed by atoms with Crippen molar-refractivity contribution in [3.63, 3.8) is 0 Å². The van der Waals surface area contributed by atoms with Crippen LogP contribution in [0.15, 0.2) is 59.5 Å². The smallest absolute Gasteiger partial charge is 0.411 e. The minimum Gasteiger partial charge on any atom is -0.453 e. The number of halogens is 3. The van der Waals surface area contributed by atoms with E-state index in [-0.39, 0.29) is 22.3 Å². The van der Waals surface area contributed by atoms with Gasteiger partial charge in [0.25, 0.3) is 5.56 Å². The lowest BCUT2D eigenvalue weighted by atomic mass is 9.96. The number of anilines is 2. The van der Waals surface area contributed by atoms with Gasteiger partial charge in [0.1, 0.15) is 5.82 Å². The average Bonchev–Trinajstić information content (AvgIpc) is 3.43. The number of carbonyl (C=O) groups excluding carboxylic acids is 3. The minimum atomic E-state index is -0.959. The quantitative estimate of drug-likeness (QED) is 0.174. The second-order valence-electron chi connectivity index (χ2n) is 10.5. The molecule has 1 aliphatic rings. The van der Waals surface area contributed by atoms with Crippen LogP contribution in [0.5, 0.6) is 0 Å². The summed E-state index contributed by atoms with van der Waals surface area (Å²) in [6.07, 6.45) is 2.32. The number of benzene rings is 2. The summed E-state index contributed by atoms with van der Waals surface area (Å²) in [6.45, 7) is 3.24. The van der Waals surface area contributed by atoms with E-state index in [0.717, 1.165) is 23.1 Å². The number of hydrogen-bond acceptors (Lipinski definition) is 6. The largest absolute Gasteiger partial charge is 0.453 e. The molecule has 44 heavy (non-hydrogen) atoms. The number of ether oxygens (including phenoxy) is 1. The Bertz CT molecular complexity index is 1850. The number of fused-ring (bicyclic) bond motifs is 4. The molecule has 1 aliphatic heterocycles. The number of methoxy groups -OCH3 is 1. The summed E-state index contributed by atoms with van der Waals surface area (Å²) in [6, 6.07) is 11.0. The highest BCUT2D eigenvalue weighted by Gasteiger charge is 2.27. The van der Waals surface area contributed by atoms with Gasteiger partial charge in [-0.3, -0.25) is 19.7 Å². The van der Waals surface area contributed by atoms with Gasteiger partial charge in [-0.25, -0.2) is 13.6 Å². The summed E-state index contributed by atoms with van der Waals surface area (Å²) in [5.41, 5.74) is 1.05. The lowest BCUT2D eigenvalue weighted by molar-refractivity contribution is -0.119. The van der Waals surface area contributed by atoms with E-state index in [2.05, 4.69) is 15.4 Å². The summed E-state index contributed by atoms with van der Waals surface area (Å²) in [7, 11) is 1.24. The fraction of sp³-hybridized carbons (Fsp3) is 0.250. The lowest BCUT2D eigenvalue weighted by Crippen LogP contribution is -2.25. The SMILES string of the molecule is COC(=O)Nc1ccc2c(c1)NC(=O)[C@H](C)CCC[C@H](n1ccc(-c3c(F)ccc(Cl)c3F)cc1=O)c1cc-2c(C(C)=O)s1. The zero-order valence-corrected chi connectivity index (χ0v) is 25.6. The first-order valence-corrected chi connectivity index (χ1v) is 15.0. The second kappa shape index (κ2) is 12.7. The Balaban J connectivity index is 1.65. The predicted octanol–water partition coefficient (Wildman–Crippen LogP) is 7.90. The molecule has 0 radical (unpaired) electrons. The van der Waals surface area contributed by atoms with Gasteiger partial charge in [0.15, 0.2) is 11.6 Å². The molecule has 2 atom stereocenters. The Kier molecular flexibility index (Phi) is 8.98. The highest BCUT2D eigenvalue weighted by Crippen LogP contribution is 2.42. The van der Waals surface area contributed by atoms with Crippen LogP contribution in [0.25, 0.3) is 22.3 Å². The van der Waals surface area contributed by atoms with E-state index in [1.54, 1.807) is 25.1 Å². The number of ketones is 1. The van der Waals surface area contributed by atoms with Crippen LogP contribution in [0, 0.1) is 17.6 Å². The van der Waals surface area contributed by atoms with Crippen molar-refractivity contribution in [3.8, 4) is 22.3 Å². The molecule has 0 unspecified atom stereocenters. The third-order valence-corrected chi connectivity index (χ3v) is 9.21. The molecular weight excluding hydrogens is 612 g/mol. The van der Waals surface area contributed by atoms with E-state index < -0.39 is 40.8 Å². The first-order chi connectivity index (χ1) is 21.0. The van der Waals surface area contributed by atoms with Gasteiger partial charge in [-0.1, -0.05) is 31.0 Å². The van der Waals surface area contributed by atoms with E-state index in [4.69, 9.17) is 11.6 Å². The van der Waals surface area contributed by atoms with Crippen molar-refractivity contribution in [1.82, 2.24) is 4.57 Å². The molecule has 2 amide bonds. The number of rotatable bonds is 4. The first kappa shape index (κ1) is 31.1. The molecule has 12 heteroatoms. The average molecular weight is 640 g/mol. The molecular formula is C32H28ClF2N3O5S. The molecule has 0 saturated heterocycles. The van der Waals surface area contributed by atoms with Crippen molar-refractivity contribution in [3.05, 3.63) is 91.5 Å². The maximum Gasteiger partial charge on any atom is 0.411 e. The van der Waals surface area contributed by atoms with E-state index in [0.29, 0.717) is 46.6 Å². The van der Waals surface area contributed by atoms with Crippen LogP contribution in [-0.2, 0) is 9.53 Å². The van der Waals surface area contributed by atoms with Gasteiger partial charge in [0.05, 0.1) is 34.3 Å². The van der Waals surface area contributed by atoms with E-state index in [1.165, 1.54) is 42.2 Å². The summed E-state index contributed by atoms with van der Waals surface area (Å²) < 4.78 is 35.5. The third-order valence-electron chi connectivity index (χ3n) is 7.58. The third kappa shape index (κ3) is 6.15. The summed E-state index contributed by atoms with van der Waals surface area (Å²) in [5, 5.41) is 5.27. The lowest BCUT2D eigenvalue weighted by Gasteiger charge is -2.21. The van der Waals surface area contributed by atoms with Crippen LogP contribution in [0.3, 0.4) is 0 Å². The van der Waals surface area contributed by atoms with Gasteiger partial charge >= 0.3 is 6.09 Å². The summed E-state index contributed by atoms with van der Waals surface area (Å²) in [4.78, 5) is 52.6. The number of nitrogens with one attached hydrogen (secondary N) is 2. The molecule has 0 saturated carbocycles. The number of nitrogens with zero attached hydrogens (tertiary/aromatic N) is 1. The fourth-order valence-electron chi connectivity index (χ4n) is 5.28. The zero-order valence-electron chi connectivity index (χ0n) is 24.0. The van der Waals surface area contributed by atoms with E-state index in [1.807, 2.05) is 6.07 Å². The number of carbonyl (C=O) groups is 3. The fourth-order valence-corrected chi connectivity index (χ4v) is 6.64. The normalized spacial score (nSPS) is 16.6. The highest BCUT2D eigenvalue weighted by molar-refractivity contribution is 7.14. The van der Waals surface area contributed by atoms with Crippen molar-refractivity contribution < 1.29 is 27.9 Å². The first-order valence-electron chi connectivity index (χ1n) is 13.8. The van der Waals surface area contributed by atoms with Gasteiger partial charge < -0.3 is 14.6 Å². The predicted molar refractivity (Wildman–Crippen MR) is 167 cm³/mol. The standard InChI is InChI=1S/C32H28ClF2N3O5S/c1-16-5-4-6-25(38-12-11-18(13-27(38)40)28-23(34)10-9-22(33)29(28)35)26-15-21(30(44-26)17(2)39)20-8-7-19(36-32(42)43-3)14-24(20)37-31(16)41/h7-16,25H,4-6H2,1-3H3,(H,36,42)(H,37,41)/t16-,25+/m1/s1. The van der Waals surface area contributed by atoms with Gasteiger partial charge in [0, 0.05) is 39.9 Å². The molecule has 0 aliphatic carbocycles. The zero-order chi connectivity index (χ0) is 31.7. The number of Topliss-reactive ketones (excluding diaryl/α,β-unsaturated/α-hetero) is 1. The number of aromatic nitrogens is 1. The monoisotopic (exact) mass is 639 g/mol. The Morgan fingerprint density at radius 3 is 2.55 bits per heavy atom. The molecule has 2 aromatic heterocycles. The van der Waals surface area contributed by atoms with Crippen molar-refractivity contribution in [1.29, 1.82) is 0 Å². The number of pyridine rings is 1. The van der Waals surface area contributed by atoms with Crippen molar-refractivity contribution in [2.75, 3.05) is 17.7 Å². The van der Waals surface area contributed by atoms with Crippen LogP contribution in [0.1, 0.15) is 53.7 Å². The van der Waals surface area contributed by atoms with Crippen molar-refractivity contribution >= 4 is 52.1 Å². The van der Waals surface area contributed by atoms with Crippen LogP contribution < -0.4 is 16.2 Å². The topological polar surface area (TPSA) is 106 Å². The number of amides is 2. The second-order valence-corrected chi connectivity index (χ2v) is 12.0. The molecule has 5 rings (SSSR count). The molecule has 0 fully saturated rings. The molecule has 4 aromatic rings. The van der Waals surface area contributed by atoms with Gasteiger partial charge in [0.2, 0.25) is 5.91 Å². The Morgan fingerprint density at radius 2 is 1.84 bits per heavy atom. The molecule has 2 aromatic carbocycles. The minimum absolute atomic E-state index is 0.0452. The Labute approximate surface area is 260 Å². The number of thiophene rings is 1. The van der Waals surface area contributed by atoms with Crippen LogP contribution in [0.4, 0.5) is 25.0 Å². The maximum atomic E-state index is 14.7. The van der Waals surface area contributed by atoms with E-state index >= 15 is 0 Å². The Morgan fingerprint density at radius 1 is 1.07 bits per heavy atom. The molecule has 0 spiro atoms. The van der Waals surface area contributed by atoms with Gasteiger partial charge in [-0.15, -0.1) is 11.3 Å². The molecule has 8 nitrogen and oxygen atoms in total. The van der Waals surface area contributed by atoms with Crippen molar-refractivity contribution in [2.45, 2.75) is 39.2 Å². The van der Waals surface area contributed by atoms with E-state index in [9.17, 15) is 28.0 Å². The Hall–Kier alpha value is -4.35. The van der Waals surface area contributed by atoms with Gasteiger partial charge in [-0.2, -0.15) is 0 Å². The van der Waals surface area contributed by atoms with Crippen molar-refractivity contribution in [2.24, 2.45) is 5.92 Å². The van der Waals surface area contributed by atoms with Crippen LogP contribution >= 0.6 is 22.9 Å². The summed E-state index contributed by atoms with van der Waals surface area (Å²) >= 11 is 7.12. The summed E-state index contributed by atoms with van der Waals surface area (Å²) in [5.74, 6) is -2.65. The highest BCUT2D eigenvalue weighted by atomic mass is 35.5. The van der Waals surface area contributed by atoms with Crippen LogP contribution in [-0.4, -0.2) is 29.5 Å². The molecule has 2 bridgehead atoms. The van der Waals surface area contributed by atoms with Gasteiger partial charge in [-0.05, 0) is 61.7 Å². The van der Waals surface area contributed by atoms with Crippen LogP contribution in [0.2, 0.25) is 5.02 Å².